The monoisotopic (exact) mass is 381 g/mol. The van der Waals surface area contributed by atoms with Gasteiger partial charge in [0.05, 0.1) is 6.33 Å². The van der Waals surface area contributed by atoms with Crippen LogP contribution in [0.4, 0.5) is 0 Å². The molecule has 4 rings (SSSR count). The predicted octanol–water partition coefficient (Wildman–Crippen LogP) is 4.81. The Morgan fingerprint density at radius 2 is 1.81 bits per heavy atom. The molecule has 0 aliphatic rings. The van der Waals surface area contributed by atoms with Crippen LogP contribution in [0.5, 0.6) is 0 Å². The maximum Gasteiger partial charge on any atom is 0.272 e. The molecule has 0 fully saturated rings. The molecule has 0 aliphatic carbocycles. The highest BCUT2D eigenvalue weighted by Crippen LogP contribution is 2.28. The molecule has 2 heterocycles. The number of benzene rings is 2. The van der Waals surface area contributed by atoms with E-state index < -0.39 is 0 Å². The number of hydrogen-bond donors (Lipinski definition) is 0. The van der Waals surface area contributed by atoms with Crippen LogP contribution in [-0.2, 0) is 13.0 Å². The summed E-state index contributed by atoms with van der Waals surface area (Å²) >= 11 is 7.15. The van der Waals surface area contributed by atoms with Crippen molar-refractivity contribution in [3.05, 3.63) is 81.9 Å². The smallest absolute Gasteiger partial charge is 0.272 e. The van der Waals surface area contributed by atoms with Crippen LogP contribution in [0.1, 0.15) is 12.0 Å². The Hall–Kier alpha value is -2.50. The van der Waals surface area contributed by atoms with Crippen molar-refractivity contribution in [2.45, 2.75) is 19.4 Å². The van der Waals surface area contributed by atoms with Crippen molar-refractivity contribution < 1.29 is 0 Å². The number of aromatic nitrogens is 3. The van der Waals surface area contributed by atoms with E-state index in [1.807, 2.05) is 42.5 Å². The van der Waals surface area contributed by atoms with E-state index in [1.165, 1.54) is 17.1 Å². The highest BCUT2D eigenvalue weighted by molar-refractivity contribution is 7.13. The molecule has 0 amide bonds. The van der Waals surface area contributed by atoms with Crippen molar-refractivity contribution in [1.82, 2.24) is 13.9 Å². The lowest BCUT2D eigenvalue weighted by molar-refractivity contribution is 0.618. The minimum atomic E-state index is -0.0271. The maximum absolute atomic E-state index is 12.7. The van der Waals surface area contributed by atoms with Gasteiger partial charge in [-0.25, -0.2) is 4.98 Å². The minimum Gasteiger partial charge on any atom is -0.298 e. The number of fused-ring (bicyclic) bond motifs is 1. The normalized spacial score (nSPS) is 11.1. The number of nitrogens with zero attached hydrogens (tertiary/aromatic N) is 3. The molecule has 26 heavy (non-hydrogen) atoms. The minimum absolute atomic E-state index is 0.0271. The van der Waals surface area contributed by atoms with Gasteiger partial charge in [0.1, 0.15) is 15.9 Å². The standard InChI is InChI=1S/C20H16ClN3OS/c21-16-10-8-15(9-11-16)17-18-19(26-23-17)20(25)24(13-22-18)12-4-7-14-5-2-1-3-6-14/h1-3,5-6,8-11,13H,4,7,12H2. The molecule has 130 valence electrons. The first-order valence-corrected chi connectivity index (χ1v) is 9.52. The van der Waals surface area contributed by atoms with E-state index in [0.717, 1.165) is 24.1 Å². The van der Waals surface area contributed by atoms with Crippen LogP contribution in [0.25, 0.3) is 21.5 Å². The third-order valence-corrected chi connectivity index (χ3v) is 5.35. The fraction of sp³-hybridized carbons (Fsp3) is 0.150. The quantitative estimate of drug-likeness (QED) is 0.498. The number of hydrogen-bond acceptors (Lipinski definition) is 4. The third-order valence-electron chi connectivity index (χ3n) is 4.27. The van der Waals surface area contributed by atoms with Gasteiger partial charge in [-0.15, -0.1) is 0 Å². The number of halogens is 1. The zero-order valence-electron chi connectivity index (χ0n) is 13.9. The van der Waals surface area contributed by atoms with Crippen molar-refractivity contribution in [1.29, 1.82) is 0 Å². The van der Waals surface area contributed by atoms with Gasteiger partial charge in [-0.2, -0.15) is 4.37 Å². The summed E-state index contributed by atoms with van der Waals surface area (Å²) in [7, 11) is 0. The summed E-state index contributed by atoms with van der Waals surface area (Å²) in [6.45, 7) is 0.644. The Morgan fingerprint density at radius 1 is 1.04 bits per heavy atom. The lowest BCUT2D eigenvalue weighted by Gasteiger charge is -2.05. The molecular weight excluding hydrogens is 366 g/mol. The molecule has 0 aliphatic heterocycles. The van der Waals surface area contributed by atoms with Crippen LogP contribution in [-0.4, -0.2) is 13.9 Å². The van der Waals surface area contributed by atoms with Gasteiger partial charge in [-0.1, -0.05) is 54.1 Å². The van der Waals surface area contributed by atoms with Gasteiger partial charge >= 0.3 is 0 Å². The van der Waals surface area contributed by atoms with E-state index in [9.17, 15) is 4.79 Å². The second kappa shape index (κ2) is 7.40. The summed E-state index contributed by atoms with van der Waals surface area (Å²) in [6, 6.07) is 17.7. The molecule has 4 aromatic rings. The highest BCUT2D eigenvalue weighted by Gasteiger charge is 2.14. The lowest BCUT2D eigenvalue weighted by Crippen LogP contribution is -2.20. The van der Waals surface area contributed by atoms with Crippen LogP contribution in [0.15, 0.2) is 65.7 Å². The molecular formula is C20H16ClN3OS. The molecule has 0 saturated carbocycles. The van der Waals surface area contributed by atoms with Gasteiger partial charge in [0.15, 0.2) is 0 Å². The fourth-order valence-electron chi connectivity index (χ4n) is 2.91. The largest absolute Gasteiger partial charge is 0.298 e. The van der Waals surface area contributed by atoms with E-state index in [2.05, 4.69) is 21.5 Å². The van der Waals surface area contributed by atoms with Gasteiger partial charge in [-0.3, -0.25) is 9.36 Å². The Labute approximate surface area is 159 Å². The van der Waals surface area contributed by atoms with Crippen molar-refractivity contribution in [2.24, 2.45) is 0 Å². The van der Waals surface area contributed by atoms with Crippen molar-refractivity contribution in [3.8, 4) is 11.3 Å². The molecule has 0 saturated heterocycles. The molecule has 2 aromatic heterocycles. The van der Waals surface area contributed by atoms with Crippen LogP contribution in [0.2, 0.25) is 5.02 Å². The average molecular weight is 382 g/mol. The average Bonchev–Trinajstić information content (AvgIpc) is 3.10. The summed E-state index contributed by atoms with van der Waals surface area (Å²) in [5, 5.41) is 0.669. The van der Waals surface area contributed by atoms with E-state index in [1.54, 1.807) is 10.9 Å². The summed E-state index contributed by atoms with van der Waals surface area (Å²) in [5.74, 6) is 0. The van der Waals surface area contributed by atoms with Gasteiger partial charge < -0.3 is 0 Å². The van der Waals surface area contributed by atoms with Crippen molar-refractivity contribution in [3.63, 3.8) is 0 Å². The molecule has 0 atom stereocenters. The van der Waals surface area contributed by atoms with Gasteiger partial charge in [0.25, 0.3) is 5.56 Å². The van der Waals surface area contributed by atoms with E-state index in [0.29, 0.717) is 21.8 Å². The zero-order chi connectivity index (χ0) is 17.9. The Morgan fingerprint density at radius 3 is 2.58 bits per heavy atom. The van der Waals surface area contributed by atoms with Crippen molar-refractivity contribution >= 4 is 33.4 Å². The van der Waals surface area contributed by atoms with Crippen LogP contribution in [0.3, 0.4) is 0 Å². The molecule has 0 bridgehead atoms. The maximum atomic E-state index is 12.7. The molecule has 2 aromatic carbocycles. The van der Waals surface area contributed by atoms with Crippen LogP contribution < -0.4 is 5.56 Å². The molecule has 6 heteroatoms. The lowest BCUT2D eigenvalue weighted by atomic mass is 10.1. The van der Waals surface area contributed by atoms with E-state index in [4.69, 9.17) is 11.6 Å². The second-order valence-electron chi connectivity index (χ2n) is 6.05. The number of rotatable bonds is 5. The Kier molecular flexibility index (Phi) is 4.82. The molecule has 4 nitrogen and oxygen atoms in total. The summed E-state index contributed by atoms with van der Waals surface area (Å²) < 4.78 is 6.72. The molecule has 0 unspecified atom stereocenters. The second-order valence-corrected chi connectivity index (χ2v) is 7.26. The zero-order valence-corrected chi connectivity index (χ0v) is 15.5. The van der Waals surface area contributed by atoms with Gasteiger partial charge in [0, 0.05) is 17.1 Å². The first-order valence-electron chi connectivity index (χ1n) is 8.37. The van der Waals surface area contributed by atoms with Gasteiger partial charge in [-0.05, 0) is 42.1 Å². The third kappa shape index (κ3) is 3.41. The number of aryl methyl sites for hydroxylation is 2. The predicted molar refractivity (Wildman–Crippen MR) is 107 cm³/mol. The first-order chi connectivity index (χ1) is 12.7. The molecule has 0 spiro atoms. The Bertz CT molecular complexity index is 1090. The topological polar surface area (TPSA) is 47.8 Å². The molecule has 0 N–H and O–H groups in total. The van der Waals surface area contributed by atoms with Gasteiger partial charge in [0.2, 0.25) is 0 Å². The fourth-order valence-corrected chi connectivity index (χ4v) is 3.84. The van der Waals surface area contributed by atoms with Crippen LogP contribution in [0, 0.1) is 0 Å². The Balaban J connectivity index is 1.58. The SMILES string of the molecule is O=c1c2snc(-c3ccc(Cl)cc3)c2ncn1CCCc1ccccc1. The summed E-state index contributed by atoms with van der Waals surface area (Å²) in [6.07, 6.45) is 3.45. The van der Waals surface area contributed by atoms with Crippen molar-refractivity contribution in [2.75, 3.05) is 0 Å². The van der Waals surface area contributed by atoms with Crippen LogP contribution >= 0.6 is 23.1 Å². The van der Waals surface area contributed by atoms with E-state index >= 15 is 0 Å². The first kappa shape index (κ1) is 16.9. The molecule has 0 radical (unpaired) electrons. The summed E-state index contributed by atoms with van der Waals surface area (Å²) in [4.78, 5) is 17.2. The summed E-state index contributed by atoms with van der Waals surface area (Å²) in [5.41, 5.74) is 3.55. The van der Waals surface area contributed by atoms with E-state index in [-0.39, 0.29) is 5.56 Å². The highest BCUT2D eigenvalue weighted by atomic mass is 35.5.